The fourth-order valence-electron chi connectivity index (χ4n) is 4.87. The van der Waals surface area contributed by atoms with Gasteiger partial charge in [-0.1, -0.05) is 43.3 Å². The molecule has 0 bridgehead atoms. The number of halogens is 1. The van der Waals surface area contributed by atoms with Crippen molar-refractivity contribution < 1.29 is 4.79 Å². The number of nitrogens with zero attached hydrogens (tertiary/aromatic N) is 5. The lowest BCUT2D eigenvalue weighted by atomic mass is 9.94. The summed E-state index contributed by atoms with van der Waals surface area (Å²) in [6.45, 7) is 12.9. The molecule has 3 aliphatic rings. The Kier molecular flexibility index (Phi) is 8.83. The van der Waals surface area contributed by atoms with Crippen molar-refractivity contribution in [3.8, 4) is 0 Å². The maximum Gasteiger partial charge on any atom is 0.225 e. The number of aliphatic imine (C=N–C) groups is 2. The van der Waals surface area contributed by atoms with Gasteiger partial charge in [-0.15, -0.1) is 0 Å². The summed E-state index contributed by atoms with van der Waals surface area (Å²) in [5.41, 5.74) is 8.47. The molecule has 0 atom stereocenters. The van der Waals surface area contributed by atoms with E-state index in [1.807, 2.05) is 35.2 Å². The Labute approximate surface area is 218 Å². The van der Waals surface area contributed by atoms with Gasteiger partial charge in [0.2, 0.25) is 5.91 Å². The van der Waals surface area contributed by atoms with Gasteiger partial charge in [0, 0.05) is 69.2 Å². The zero-order valence-corrected chi connectivity index (χ0v) is 21.8. The fraction of sp³-hybridized carbons (Fsp3) is 0.444. The summed E-state index contributed by atoms with van der Waals surface area (Å²) in [6, 6.07) is 7.67. The Hall–Kier alpha value is -3.10. The third-order valence-corrected chi connectivity index (χ3v) is 7.45. The number of hydrogen-bond acceptors (Lipinski definition) is 7. The van der Waals surface area contributed by atoms with Crippen molar-refractivity contribution in [1.82, 2.24) is 20.0 Å². The third-order valence-electron chi connectivity index (χ3n) is 7.08. The largest absolute Gasteiger partial charge is 0.404 e. The zero-order valence-electron chi connectivity index (χ0n) is 21.0. The highest BCUT2D eigenvalue weighted by Crippen LogP contribution is 2.24. The van der Waals surface area contributed by atoms with Crippen LogP contribution in [0, 0.1) is 5.92 Å². The van der Waals surface area contributed by atoms with Crippen LogP contribution in [0.5, 0.6) is 0 Å². The molecule has 9 heteroatoms. The van der Waals surface area contributed by atoms with Crippen LogP contribution in [-0.4, -0.2) is 78.0 Å². The number of piperidine rings is 1. The number of hydrogen-bond donors (Lipinski definition) is 2. The Balaban J connectivity index is 1.33. The predicted octanol–water partition coefficient (Wildman–Crippen LogP) is 2.99. The quantitative estimate of drug-likeness (QED) is 0.615. The first-order valence-corrected chi connectivity index (χ1v) is 13.1. The second-order valence-corrected chi connectivity index (χ2v) is 9.67. The summed E-state index contributed by atoms with van der Waals surface area (Å²) in [5.74, 6) is 1.68. The number of nitrogens with one attached hydrogen (secondary N) is 1. The molecule has 3 heterocycles. The van der Waals surface area contributed by atoms with Gasteiger partial charge >= 0.3 is 0 Å². The molecule has 4 rings (SSSR count). The summed E-state index contributed by atoms with van der Waals surface area (Å²) >= 11 is 6.25. The van der Waals surface area contributed by atoms with E-state index in [1.54, 1.807) is 12.4 Å². The summed E-state index contributed by atoms with van der Waals surface area (Å²) in [5, 5.41) is 3.91. The van der Waals surface area contributed by atoms with Gasteiger partial charge in [0.15, 0.2) is 0 Å². The smallest absolute Gasteiger partial charge is 0.225 e. The lowest BCUT2D eigenvalue weighted by Gasteiger charge is -2.39. The van der Waals surface area contributed by atoms with Gasteiger partial charge in [0.25, 0.3) is 0 Å². The molecule has 0 radical (unpaired) electrons. The van der Waals surface area contributed by atoms with E-state index in [9.17, 15) is 4.79 Å². The van der Waals surface area contributed by atoms with Gasteiger partial charge < -0.3 is 25.8 Å². The predicted molar refractivity (Wildman–Crippen MR) is 147 cm³/mol. The number of nitrogens with two attached hydrogens (primary N) is 1. The number of piperazine rings is 1. The number of likely N-dealkylation sites (tertiary alicyclic amines) is 1. The van der Waals surface area contributed by atoms with Crippen LogP contribution in [0.1, 0.15) is 25.3 Å². The monoisotopic (exact) mass is 509 g/mol. The Morgan fingerprint density at radius 2 is 1.94 bits per heavy atom. The number of allylic oxidation sites excluding steroid dienone is 1. The zero-order chi connectivity index (χ0) is 25.5. The highest BCUT2D eigenvalue weighted by molar-refractivity contribution is 6.31. The van der Waals surface area contributed by atoms with Crippen molar-refractivity contribution in [2.45, 2.75) is 26.3 Å². The summed E-state index contributed by atoms with van der Waals surface area (Å²) in [6.07, 6.45) is 6.74. The van der Waals surface area contributed by atoms with Crippen LogP contribution < -0.4 is 11.1 Å². The van der Waals surface area contributed by atoms with Gasteiger partial charge in [-0.2, -0.15) is 0 Å². The number of benzene rings is 1. The van der Waals surface area contributed by atoms with Gasteiger partial charge in [0.05, 0.1) is 11.3 Å². The Bertz CT molecular complexity index is 1080. The van der Waals surface area contributed by atoms with E-state index in [0.717, 1.165) is 75.6 Å². The number of amidine groups is 1. The van der Waals surface area contributed by atoms with Crippen molar-refractivity contribution >= 4 is 29.1 Å². The minimum absolute atomic E-state index is 0.0707. The maximum atomic E-state index is 13.1. The number of carbonyl (C=O) groups is 1. The Morgan fingerprint density at radius 3 is 2.61 bits per heavy atom. The first-order chi connectivity index (χ1) is 17.5. The number of carbonyl (C=O) groups excluding carboxylic acids is 1. The molecule has 3 aliphatic heterocycles. The van der Waals surface area contributed by atoms with E-state index in [-0.39, 0.29) is 5.92 Å². The van der Waals surface area contributed by atoms with Crippen LogP contribution in [0.2, 0.25) is 5.02 Å². The summed E-state index contributed by atoms with van der Waals surface area (Å²) in [4.78, 5) is 29.0. The van der Waals surface area contributed by atoms with E-state index in [4.69, 9.17) is 17.3 Å². The average molecular weight is 510 g/mol. The van der Waals surface area contributed by atoms with Crippen molar-refractivity contribution in [3.05, 3.63) is 71.3 Å². The molecule has 8 nitrogen and oxygen atoms in total. The van der Waals surface area contributed by atoms with Crippen LogP contribution >= 0.6 is 11.6 Å². The van der Waals surface area contributed by atoms with Gasteiger partial charge in [-0.3, -0.25) is 4.79 Å². The molecule has 0 aromatic heterocycles. The van der Waals surface area contributed by atoms with E-state index in [2.05, 4.69) is 38.6 Å². The molecular weight excluding hydrogens is 474 g/mol. The maximum absolute atomic E-state index is 13.1. The number of amides is 1. The van der Waals surface area contributed by atoms with E-state index in [0.29, 0.717) is 29.0 Å². The van der Waals surface area contributed by atoms with Crippen molar-refractivity contribution in [3.63, 3.8) is 0 Å². The van der Waals surface area contributed by atoms with Crippen LogP contribution in [0.25, 0.3) is 0 Å². The van der Waals surface area contributed by atoms with Crippen LogP contribution in [0.3, 0.4) is 0 Å². The first kappa shape index (κ1) is 26.0. The molecule has 1 aromatic rings. The molecule has 1 amide bonds. The average Bonchev–Trinajstić information content (AvgIpc) is 2.92. The highest BCUT2D eigenvalue weighted by Gasteiger charge is 2.32. The van der Waals surface area contributed by atoms with Crippen molar-refractivity contribution in [1.29, 1.82) is 0 Å². The van der Waals surface area contributed by atoms with Gasteiger partial charge in [-0.05, 0) is 37.1 Å². The molecular formula is C27H36ClN7O. The molecule has 2 saturated heterocycles. The molecule has 2 fully saturated rings. The Morgan fingerprint density at radius 1 is 1.22 bits per heavy atom. The van der Waals surface area contributed by atoms with E-state index < -0.39 is 0 Å². The van der Waals surface area contributed by atoms with Gasteiger partial charge in [0.1, 0.15) is 11.7 Å². The minimum atomic E-state index is 0.0707. The second kappa shape index (κ2) is 12.2. The lowest BCUT2D eigenvalue weighted by Crippen LogP contribution is -2.52. The van der Waals surface area contributed by atoms with E-state index >= 15 is 0 Å². The van der Waals surface area contributed by atoms with Crippen molar-refractivity contribution in [2.75, 3.05) is 45.8 Å². The third kappa shape index (κ3) is 6.17. The number of likely N-dealkylation sites (N-methyl/N-ethyl adjacent to an activating group) is 1. The summed E-state index contributed by atoms with van der Waals surface area (Å²) < 4.78 is 0. The molecule has 192 valence electrons. The molecule has 0 aliphatic carbocycles. The molecule has 3 N–H and O–H groups in total. The van der Waals surface area contributed by atoms with Gasteiger partial charge in [-0.25, -0.2) is 9.98 Å². The lowest BCUT2D eigenvalue weighted by molar-refractivity contribution is -0.138. The van der Waals surface area contributed by atoms with Crippen molar-refractivity contribution in [2.24, 2.45) is 21.6 Å². The van der Waals surface area contributed by atoms with Crippen LogP contribution in [0.15, 0.2) is 70.7 Å². The summed E-state index contributed by atoms with van der Waals surface area (Å²) in [7, 11) is 0. The van der Waals surface area contributed by atoms with Crippen LogP contribution in [-0.2, 0) is 11.3 Å². The minimum Gasteiger partial charge on any atom is -0.404 e. The number of rotatable bonds is 6. The second-order valence-electron chi connectivity index (χ2n) is 9.26. The SMILES string of the molecule is C=C(/N=C1/C=CN=C(N2CCC(C(=O)N3CCN(CC)CC3)CC2)/C1=C/N)NCc1ccccc1Cl. The van der Waals surface area contributed by atoms with E-state index in [1.165, 1.54) is 0 Å². The fourth-order valence-corrected chi connectivity index (χ4v) is 5.07. The molecule has 0 spiro atoms. The highest BCUT2D eigenvalue weighted by atomic mass is 35.5. The molecule has 0 saturated carbocycles. The topological polar surface area (TPSA) is 89.6 Å². The van der Waals surface area contributed by atoms with Crippen LogP contribution in [0.4, 0.5) is 0 Å². The standard InChI is InChI=1S/C27H36ClN7O/c1-3-33-14-16-35(17-15-33)27(36)21-9-12-34(13-10-21)26-23(18-29)25(8-11-30-26)32-20(2)31-19-22-6-4-5-7-24(22)28/h4-8,11,18,21,31H,2-3,9-10,12-17,19,29H2,1H3/b23-18+,32-25-. The molecule has 1 aromatic carbocycles. The normalized spacial score (nSPS) is 21.7. The molecule has 36 heavy (non-hydrogen) atoms. The first-order valence-electron chi connectivity index (χ1n) is 12.7. The molecule has 0 unspecified atom stereocenters.